The fourth-order valence-corrected chi connectivity index (χ4v) is 1.29. The number of hydrogen-bond donors (Lipinski definition) is 0. The summed E-state index contributed by atoms with van der Waals surface area (Å²) >= 11 is 0. The molecule has 0 radical (unpaired) electrons. The van der Waals surface area contributed by atoms with Gasteiger partial charge in [0.05, 0.1) is 11.4 Å². The Morgan fingerprint density at radius 2 is 2.15 bits per heavy atom. The van der Waals surface area contributed by atoms with Crippen LogP contribution in [0.25, 0.3) is 0 Å². The van der Waals surface area contributed by atoms with Crippen LogP contribution in [-0.2, 0) is 0 Å². The van der Waals surface area contributed by atoms with Gasteiger partial charge in [0.1, 0.15) is 0 Å². The molecule has 1 aromatic rings. The van der Waals surface area contributed by atoms with E-state index in [0.717, 1.165) is 11.4 Å². The van der Waals surface area contributed by atoms with Crippen LogP contribution in [0.2, 0.25) is 0 Å². The van der Waals surface area contributed by atoms with Gasteiger partial charge in [-0.15, -0.1) is 0 Å². The number of rotatable bonds is 2. The quantitative estimate of drug-likeness (QED) is 0.635. The first-order chi connectivity index (χ1) is 6.16. The maximum atomic E-state index is 4.34. The van der Waals surface area contributed by atoms with E-state index >= 15 is 0 Å². The fourth-order valence-electron chi connectivity index (χ4n) is 1.29. The van der Waals surface area contributed by atoms with Crippen molar-refractivity contribution < 1.29 is 0 Å². The minimum Gasteiger partial charge on any atom is -0.259 e. The van der Waals surface area contributed by atoms with Crippen LogP contribution in [0.5, 0.6) is 0 Å². The van der Waals surface area contributed by atoms with Crippen molar-refractivity contribution in [3.05, 3.63) is 23.5 Å². The Morgan fingerprint density at radius 1 is 1.46 bits per heavy atom. The van der Waals surface area contributed by atoms with Crippen LogP contribution < -0.4 is 0 Å². The van der Waals surface area contributed by atoms with Gasteiger partial charge < -0.3 is 0 Å². The number of hydrogen-bond acceptors (Lipinski definition) is 2. The van der Waals surface area contributed by atoms with Crippen LogP contribution >= 0.6 is 0 Å². The lowest BCUT2D eigenvalue weighted by molar-refractivity contribution is 0.821. The minimum atomic E-state index is 0.429. The second-order valence-corrected chi connectivity index (χ2v) is 3.40. The molecule has 0 aliphatic carbocycles. The third-order valence-electron chi connectivity index (χ3n) is 1.96. The molecule has 70 valence electrons. The van der Waals surface area contributed by atoms with Crippen LogP contribution in [-0.4, -0.2) is 11.2 Å². The summed E-state index contributed by atoms with van der Waals surface area (Å²) in [5.74, 6) is 0.429. The molecular weight excluding hydrogens is 160 g/mol. The SMILES string of the molecule is CC=Nc1c(C)ccnc1C(C)C. The summed E-state index contributed by atoms with van der Waals surface area (Å²) < 4.78 is 0. The molecule has 0 N–H and O–H groups in total. The van der Waals surface area contributed by atoms with Gasteiger partial charge in [-0.2, -0.15) is 0 Å². The lowest BCUT2D eigenvalue weighted by Gasteiger charge is -2.09. The molecule has 0 aliphatic rings. The largest absolute Gasteiger partial charge is 0.259 e. The second kappa shape index (κ2) is 4.17. The van der Waals surface area contributed by atoms with Crippen molar-refractivity contribution >= 4 is 11.9 Å². The van der Waals surface area contributed by atoms with Gasteiger partial charge in [0.25, 0.3) is 0 Å². The highest BCUT2D eigenvalue weighted by molar-refractivity contribution is 5.64. The highest BCUT2D eigenvalue weighted by Crippen LogP contribution is 2.27. The summed E-state index contributed by atoms with van der Waals surface area (Å²) in [5.41, 5.74) is 3.30. The normalized spacial score (nSPS) is 11.5. The Kier molecular flexibility index (Phi) is 3.18. The number of aryl methyl sites for hydroxylation is 1. The molecule has 0 bridgehead atoms. The van der Waals surface area contributed by atoms with E-state index in [9.17, 15) is 0 Å². The molecule has 0 unspecified atom stereocenters. The summed E-state index contributed by atoms with van der Waals surface area (Å²) in [6.45, 7) is 8.26. The molecule has 0 fully saturated rings. The van der Waals surface area contributed by atoms with Crippen molar-refractivity contribution in [2.45, 2.75) is 33.6 Å². The fraction of sp³-hybridized carbons (Fsp3) is 0.455. The topological polar surface area (TPSA) is 25.2 Å². The molecule has 0 amide bonds. The second-order valence-electron chi connectivity index (χ2n) is 3.40. The number of aliphatic imine (C=N–C) groups is 1. The van der Waals surface area contributed by atoms with Crippen LogP contribution in [0.4, 0.5) is 5.69 Å². The van der Waals surface area contributed by atoms with Crippen LogP contribution in [0.15, 0.2) is 17.3 Å². The molecule has 1 aromatic heterocycles. The maximum absolute atomic E-state index is 4.34. The standard InChI is InChI=1S/C11H16N2/c1-5-12-11-9(4)6-7-13-10(11)8(2)3/h5-8H,1-4H3. The summed E-state index contributed by atoms with van der Waals surface area (Å²) in [7, 11) is 0. The van der Waals surface area contributed by atoms with E-state index in [1.54, 1.807) is 0 Å². The van der Waals surface area contributed by atoms with Gasteiger partial charge in [0.2, 0.25) is 0 Å². The van der Waals surface area contributed by atoms with Crippen molar-refractivity contribution in [1.82, 2.24) is 4.98 Å². The summed E-state index contributed by atoms with van der Waals surface area (Å²) in [4.78, 5) is 8.68. The van der Waals surface area contributed by atoms with Gasteiger partial charge >= 0.3 is 0 Å². The van der Waals surface area contributed by atoms with Gasteiger partial charge in [-0.25, -0.2) is 0 Å². The van der Waals surface area contributed by atoms with Crippen LogP contribution in [0.3, 0.4) is 0 Å². The number of aromatic nitrogens is 1. The molecule has 13 heavy (non-hydrogen) atoms. The van der Waals surface area contributed by atoms with Crippen molar-refractivity contribution in [2.75, 3.05) is 0 Å². The van der Waals surface area contributed by atoms with Gasteiger partial charge in [-0.3, -0.25) is 9.98 Å². The maximum Gasteiger partial charge on any atom is 0.0872 e. The van der Waals surface area contributed by atoms with Crippen LogP contribution in [0.1, 0.15) is 37.9 Å². The van der Waals surface area contributed by atoms with Crippen molar-refractivity contribution in [1.29, 1.82) is 0 Å². The van der Waals surface area contributed by atoms with Crippen molar-refractivity contribution in [2.24, 2.45) is 4.99 Å². The third-order valence-corrected chi connectivity index (χ3v) is 1.96. The number of pyridine rings is 1. The lowest BCUT2D eigenvalue weighted by Crippen LogP contribution is -1.94. The van der Waals surface area contributed by atoms with E-state index in [1.807, 2.05) is 25.4 Å². The minimum absolute atomic E-state index is 0.429. The molecular formula is C11H16N2. The molecule has 0 saturated heterocycles. The van der Waals surface area contributed by atoms with E-state index in [-0.39, 0.29) is 0 Å². The summed E-state index contributed by atoms with van der Waals surface area (Å²) in [5, 5.41) is 0. The average molecular weight is 176 g/mol. The highest BCUT2D eigenvalue weighted by atomic mass is 14.8. The first kappa shape index (κ1) is 9.90. The number of nitrogens with zero attached hydrogens (tertiary/aromatic N) is 2. The Bertz CT molecular complexity index is 314. The van der Waals surface area contributed by atoms with Gasteiger partial charge in [0.15, 0.2) is 0 Å². The van der Waals surface area contributed by atoms with Gasteiger partial charge in [-0.1, -0.05) is 13.8 Å². The van der Waals surface area contributed by atoms with Crippen molar-refractivity contribution in [3.8, 4) is 0 Å². The Balaban J connectivity index is 3.25. The predicted molar refractivity (Wildman–Crippen MR) is 56.9 cm³/mol. The highest BCUT2D eigenvalue weighted by Gasteiger charge is 2.08. The molecule has 2 heteroatoms. The molecule has 0 aromatic carbocycles. The molecule has 2 nitrogen and oxygen atoms in total. The van der Waals surface area contributed by atoms with E-state index in [0.29, 0.717) is 5.92 Å². The van der Waals surface area contributed by atoms with E-state index in [4.69, 9.17) is 0 Å². The Morgan fingerprint density at radius 3 is 2.69 bits per heavy atom. The zero-order chi connectivity index (χ0) is 9.84. The smallest absolute Gasteiger partial charge is 0.0872 e. The third kappa shape index (κ3) is 2.14. The molecule has 0 atom stereocenters. The van der Waals surface area contributed by atoms with Crippen LogP contribution in [0, 0.1) is 6.92 Å². The van der Waals surface area contributed by atoms with Gasteiger partial charge in [-0.05, 0) is 31.4 Å². The molecule has 0 spiro atoms. The average Bonchev–Trinajstić information content (AvgIpc) is 2.08. The Labute approximate surface area is 79.7 Å². The zero-order valence-corrected chi connectivity index (χ0v) is 8.70. The monoisotopic (exact) mass is 176 g/mol. The van der Waals surface area contributed by atoms with Gasteiger partial charge in [0, 0.05) is 12.4 Å². The zero-order valence-electron chi connectivity index (χ0n) is 8.70. The predicted octanol–water partition coefficient (Wildman–Crippen LogP) is 3.24. The Hall–Kier alpha value is -1.18. The van der Waals surface area contributed by atoms with E-state index in [1.165, 1.54) is 5.56 Å². The summed E-state index contributed by atoms with van der Waals surface area (Å²) in [6, 6.07) is 1.99. The molecule has 0 aliphatic heterocycles. The molecule has 0 saturated carbocycles. The van der Waals surface area contributed by atoms with E-state index in [2.05, 4.69) is 30.7 Å². The first-order valence-corrected chi connectivity index (χ1v) is 4.61. The summed E-state index contributed by atoms with van der Waals surface area (Å²) in [6.07, 6.45) is 3.66. The lowest BCUT2D eigenvalue weighted by atomic mass is 10.1. The first-order valence-electron chi connectivity index (χ1n) is 4.61. The van der Waals surface area contributed by atoms with Crippen molar-refractivity contribution in [3.63, 3.8) is 0 Å². The molecule has 1 rings (SSSR count). The van der Waals surface area contributed by atoms with E-state index < -0.39 is 0 Å². The molecule has 1 heterocycles.